The van der Waals surface area contributed by atoms with Gasteiger partial charge >= 0.3 is 5.97 Å². The van der Waals surface area contributed by atoms with Crippen LogP contribution in [0.3, 0.4) is 0 Å². The van der Waals surface area contributed by atoms with E-state index >= 15 is 0 Å². The molecule has 1 aromatic heterocycles. The molecule has 0 aliphatic heterocycles. The molecule has 25 heavy (non-hydrogen) atoms. The molecule has 0 saturated heterocycles. The lowest BCUT2D eigenvalue weighted by Gasteiger charge is -2.22. The number of aryl methyl sites for hydroxylation is 2. The summed E-state index contributed by atoms with van der Waals surface area (Å²) in [6.07, 6.45) is -0.256. The lowest BCUT2D eigenvalue weighted by Crippen LogP contribution is -2.33. The highest BCUT2D eigenvalue weighted by molar-refractivity contribution is 5.96. The first-order chi connectivity index (χ1) is 11.7. The standard InChI is InChI=1S/C17H19F2N3O3/c1-10-16(11(2)21(3)20-10)17(25)22(7-6-15(23)24)9-12-4-5-13(18)14(19)8-12/h4-5,8H,6-7,9H2,1-3H3,(H,23,24). The Morgan fingerprint density at radius 3 is 2.44 bits per heavy atom. The van der Waals surface area contributed by atoms with Gasteiger partial charge in [0.2, 0.25) is 0 Å². The van der Waals surface area contributed by atoms with Crippen LogP contribution in [0.25, 0.3) is 0 Å². The van der Waals surface area contributed by atoms with Crippen molar-refractivity contribution in [2.75, 3.05) is 6.54 Å². The molecule has 8 heteroatoms. The van der Waals surface area contributed by atoms with E-state index in [2.05, 4.69) is 5.10 Å². The molecule has 1 aromatic carbocycles. The average Bonchev–Trinajstić information content (AvgIpc) is 2.79. The number of nitrogens with zero attached hydrogens (tertiary/aromatic N) is 3. The fourth-order valence-electron chi connectivity index (χ4n) is 2.58. The average molecular weight is 351 g/mol. The number of benzene rings is 1. The van der Waals surface area contributed by atoms with Crippen LogP contribution in [-0.2, 0) is 18.4 Å². The summed E-state index contributed by atoms with van der Waals surface area (Å²) in [6.45, 7) is 3.34. The van der Waals surface area contributed by atoms with Gasteiger partial charge in [-0.1, -0.05) is 6.07 Å². The Kier molecular flexibility index (Phi) is 5.51. The number of carboxylic acids is 1. The minimum absolute atomic E-state index is 0.0307. The molecule has 0 atom stereocenters. The maximum Gasteiger partial charge on any atom is 0.305 e. The van der Waals surface area contributed by atoms with Crippen molar-refractivity contribution in [1.82, 2.24) is 14.7 Å². The smallest absolute Gasteiger partial charge is 0.305 e. The van der Waals surface area contributed by atoms with Gasteiger partial charge in [0.15, 0.2) is 11.6 Å². The summed E-state index contributed by atoms with van der Waals surface area (Å²) in [4.78, 5) is 25.1. The number of aromatic nitrogens is 2. The van der Waals surface area contributed by atoms with E-state index in [9.17, 15) is 18.4 Å². The van der Waals surface area contributed by atoms with Crippen LogP contribution in [0, 0.1) is 25.5 Å². The number of aliphatic carboxylic acids is 1. The van der Waals surface area contributed by atoms with Crippen molar-refractivity contribution >= 4 is 11.9 Å². The molecule has 0 aliphatic rings. The number of hydrogen-bond acceptors (Lipinski definition) is 3. The minimum atomic E-state index is -1.05. The van der Waals surface area contributed by atoms with Gasteiger partial charge < -0.3 is 10.0 Å². The highest BCUT2D eigenvalue weighted by Gasteiger charge is 2.24. The Bertz CT molecular complexity index is 818. The second-order valence-electron chi connectivity index (χ2n) is 5.79. The molecule has 0 spiro atoms. The molecule has 0 fully saturated rings. The molecule has 0 saturated carbocycles. The molecule has 134 valence electrons. The van der Waals surface area contributed by atoms with Gasteiger partial charge in [-0.05, 0) is 31.5 Å². The van der Waals surface area contributed by atoms with Crippen molar-refractivity contribution < 1.29 is 23.5 Å². The van der Waals surface area contributed by atoms with Gasteiger partial charge in [-0.3, -0.25) is 14.3 Å². The molecule has 0 bridgehead atoms. The second kappa shape index (κ2) is 7.42. The fourth-order valence-corrected chi connectivity index (χ4v) is 2.58. The lowest BCUT2D eigenvalue weighted by atomic mass is 10.1. The monoisotopic (exact) mass is 351 g/mol. The molecule has 2 rings (SSSR count). The summed E-state index contributed by atoms with van der Waals surface area (Å²) >= 11 is 0. The number of amides is 1. The third-order valence-electron chi connectivity index (χ3n) is 3.96. The maximum absolute atomic E-state index is 13.4. The Labute approximate surface area is 143 Å². The normalized spacial score (nSPS) is 10.8. The molecule has 0 radical (unpaired) electrons. The first kappa shape index (κ1) is 18.6. The fraction of sp³-hybridized carbons (Fsp3) is 0.353. The summed E-state index contributed by atoms with van der Waals surface area (Å²) in [5.41, 5.74) is 1.93. The van der Waals surface area contributed by atoms with Crippen molar-refractivity contribution in [2.45, 2.75) is 26.8 Å². The Hall–Kier alpha value is -2.77. The summed E-state index contributed by atoms with van der Waals surface area (Å²) < 4.78 is 28.1. The molecule has 1 N–H and O–H groups in total. The molecule has 1 amide bonds. The van der Waals surface area contributed by atoms with E-state index in [0.29, 0.717) is 22.5 Å². The highest BCUT2D eigenvalue weighted by atomic mass is 19.2. The van der Waals surface area contributed by atoms with Crippen LogP contribution < -0.4 is 0 Å². The summed E-state index contributed by atoms with van der Waals surface area (Å²) in [5.74, 6) is -3.44. The molecule has 6 nitrogen and oxygen atoms in total. The molecule has 1 heterocycles. The van der Waals surface area contributed by atoms with Crippen molar-refractivity contribution in [3.63, 3.8) is 0 Å². The topological polar surface area (TPSA) is 75.4 Å². The predicted molar refractivity (Wildman–Crippen MR) is 86.0 cm³/mol. The van der Waals surface area contributed by atoms with Crippen molar-refractivity contribution in [3.05, 3.63) is 52.3 Å². The Morgan fingerprint density at radius 1 is 1.24 bits per heavy atom. The number of carboxylic acid groups (broad SMARTS) is 1. The van der Waals surface area contributed by atoms with E-state index in [1.807, 2.05) is 0 Å². The third-order valence-corrected chi connectivity index (χ3v) is 3.96. The van der Waals surface area contributed by atoms with E-state index in [1.54, 1.807) is 25.6 Å². The van der Waals surface area contributed by atoms with Crippen LogP contribution in [0.2, 0.25) is 0 Å². The van der Waals surface area contributed by atoms with Gasteiger partial charge in [0.25, 0.3) is 5.91 Å². The quantitative estimate of drug-likeness (QED) is 0.867. The molecular formula is C17H19F2N3O3. The van der Waals surface area contributed by atoms with Crippen molar-refractivity contribution in [1.29, 1.82) is 0 Å². The zero-order valence-corrected chi connectivity index (χ0v) is 14.2. The van der Waals surface area contributed by atoms with Crippen LogP contribution >= 0.6 is 0 Å². The van der Waals surface area contributed by atoms with Gasteiger partial charge in [0.05, 0.1) is 17.7 Å². The molecule has 0 aliphatic carbocycles. The van der Waals surface area contributed by atoms with Gasteiger partial charge in [-0.15, -0.1) is 0 Å². The maximum atomic E-state index is 13.4. The number of rotatable bonds is 6. The lowest BCUT2D eigenvalue weighted by molar-refractivity contribution is -0.137. The summed E-state index contributed by atoms with van der Waals surface area (Å²) in [5, 5.41) is 13.1. The third kappa shape index (κ3) is 4.20. The minimum Gasteiger partial charge on any atom is -0.481 e. The van der Waals surface area contributed by atoms with Gasteiger partial charge in [-0.25, -0.2) is 8.78 Å². The van der Waals surface area contributed by atoms with E-state index in [1.165, 1.54) is 11.0 Å². The van der Waals surface area contributed by atoms with Crippen LogP contribution in [-0.4, -0.2) is 38.2 Å². The molecule has 2 aromatic rings. The zero-order chi connectivity index (χ0) is 18.7. The van der Waals surface area contributed by atoms with Crippen molar-refractivity contribution in [3.8, 4) is 0 Å². The summed E-state index contributed by atoms with van der Waals surface area (Å²) in [6, 6.07) is 3.34. The van der Waals surface area contributed by atoms with Crippen LogP contribution in [0.5, 0.6) is 0 Å². The van der Waals surface area contributed by atoms with E-state index in [0.717, 1.165) is 12.1 Å². The molecule has 0 unspecified atom stereocenters. The van der Waals surface area contributed by atoms with Gasteiger partial charge in [0, 0.05) is 25.8 Å². The van der Waals surface area contributed by atoms with E-state index < -0.39 is 23.5 Å². The Morgan fingerprint density at radius 2 is 1.92 bits per heavy atom. The Balaban J connectivity index is 2.32. The summed E-state index contributed by atoms with van der Waals surface area (Å²) in [7, 11) is 1.70. The highest BCUT2D eigenvalue weighted by Crippen LogP contribution is 2.18. The van der Waals surface area contributed by atoms with Crippen LogP contribution in [0.1, 0.15) is 33.7 Å². The zero-order valence-electron chi connectivity index (χ0n) is 14.2. The molecular weight excluding hydrogens is 332 g/mol. The van der Waals surface area contributed by atoms with E-state index in [-0.39, 0.29) is 19.5 Å². The first-order valence-electron chi connectivity index (χ1n) is 7.66. The van der Waals surface area contributed by atoms with Gasteiger partial charge in [0.1, 0.15) is 0 Å². The van der Waals surface area contributed by atoms with Crippen LogP contribution in [0.4, 0.5) is 8.78 Å². The first-order valence-corrected chi connectivity index (χ1v) is 7.66. The number of carbonyl (C=O) groups excluding carboxylic acids is 1. The van der Waals surface area contributed by atoms with Crippen LogP contribution in [0.15, 0.2) is 18.2 Å². The number of hydrogen-bond donors (Lipinski definition) is 1. The second-order valence-corrected chi connectivity index (χ2v) is 5.79. The number of halogens is 2. The number of carbonyl (C=O) groups is 2. The SMILES string of the molecule is Cc1nn(C)c(C)c1C(=O)N(CCC(=O)O)Cc1ccc(F)c(F)c1. The largest absolute Gasteiger partial charge is 0.481 e. The van der Waals surface area contributed by atoms with E-state index in [4.69, 9.17) is 5.11 Å². The predicted octanol–water partition coefficient (Wildman–Crippen LogP) is 2.43. The van der Waals surface area contributed by atoms with Gasteiger partial charge in [-0.2, -0.15) is 5.10 Å². The van der Waals surface area contributed by atoms with Crippen molar-refractivity contribution in [2.24, 2.45) is 7.05 Å².